The highest BCUT2D eigenvalue weighted by Crippen LogP contribution is 2.28. The Hall–Kier alpha value is -2.64. The zero-order valence-corrected chi connectivity index (χ0v) is 15.1. The highest BCUT2D eigenvalue weighted by atomic mass is 35.5. The van der Waals surface area contributed by atoms with Crippen LogP contribution in [0.2, 0.25) is 5.02 Å². The Labute approximate surface area is 154 Å². The molecule has 8 heteroatoms. The molecule has 0 saturated carbocycles. The number of aromatic nitrogens is 1. The van der Waals surface area contributed by atoms with Crippen LogP contribution in [0, 0.1) is 0 Å². The molecule has 0 aliphatic carbocycles. The second-order valence-corrected chi connectivity index (χ2v) is 8.24. The normalized spacial score (nSPS) is 11.6. The zero-order chi connectivity index (χ0) is 19.1. The molecule has 1 aromatic heterocycles. The van der Waals surface area contributed by atoms with Gasteiger partial charge in [0.2, 0.25) is 5.78 Å². The number of carboxylic acids is 1. The number of carboxylic acid groups (broad SMARTS) is 1. The Morgan fingerprint density at radius 2 is 1.85 bits per heavy atom. The fraction of sp³-hybridized carbons (Fsp3) is 0.111. The van der Waals surface area contributed by atoms with E-state index in [2.05, 4.69) is 4.98 Å². The second kappa shape index (κ2) is 6.59. The van der Waals surface area contributed by atoms with Crippen LogP contribution < -0.4 is 5.11 Å². The van der Waals surface area contributed by atoms with Crippen LogP contribution in [0.25, 0.3) is 10.9 Å². The molecule has 0 spiro atoms. The first kappa shape index (κ1) is 18.2. The highest BCUT2D eigenvalue weighted by molar-refractivity contribution is 7.90. The van der Waals surface area contributed by atoms with Crippen molar-refractivity contribution in [3.63, 3.8) is 0 Å². The van der Waals surface area contributed by atoms with E-state index in [1.807, 2.05) is 0 Å². The number of carbonyl (C=O) groups excluding carboxylic acids is 2. The van der Waals surface area contributed by atoms with E-state index in [-0.39, 0.29) is 21.7 Å². The van der Waals surface area contributed by atoms with Crippen molar-refractivity contribution < 1.29 is 23.1 Å². The summed E-state index contributed by atoms with van der Waals surface area (Å²) in [5, 5.41) is 12.1. The van der Waals surface area contributed by atoms with Crippen molar-refractivity contribution in [2.75, 3.05) is 6.26 Å². The molecule has 1 N–H and O–H groups in total. The molecule has 3 aromatic rings. The standard InChI is InChI=1S/C18H14ClNO5S/c1-26(24,25)15-5-3-2-4-12(15)18(23)17-13(9-16(21)22)11-7-6-10(19)8-14(11)20-17/h2-8,20H,9H2,1H3,(H,21,22)/p-1. The van der Waals surface area contributed by atoms with Gasteiger partial charge in [-0.2, -0.15) is 0 Å². The van der Waals surface area contributed by atoms with Crippen LogP contribution >= 0.6 is 11.6 Å². The summed E-state index contributed by atoms with van der Waals surface area (Å²) in [6, 6.07) is 10.5. The van der Waals surface area contributed by atoms with Gasteiger partial charge in [0.05, 0.1) is 10.6 Å². The van der Waals surface area contributed by atoms with Crippen molar-refractivity contribution in [3.05, 3.63) is 64.3 Å². The summed E-state index contributed by atoms with van der Waals surface area (Å²) in [6.45, 7) is 0. The maximum atomic E-state index is 13.0. The summed E-state index contributed by atoms with van der Waals surface area (Å²) < 4.78 is 24.0. The van der Waals surface area contributed by atoms with Gasteiger partial charge in [-0.1, -0.05) is 29.8 Å². The fourth-order valence-corrected chi connectivity index (χ4v) is 3.92. The second-order valence-electron chi connectivity index (χ2n) is 5.81. The van der Waals surface area contributed by atoms with E-state index in [4.69, 9.17) is 11.6 Å². The summed E-state index contributed by atoms with van der Waals surface area (Å²) in [4.78, 5) is 26.9. The summed E-state index contributed by atoms with van der Waals surface area (Å²) in [7, 11) is -3.64. The molecule has 0 fully saturated rings. The number of rotatable bonds is 5. The largest absolute Gasteiger partial charge is 0.550 e. The average Bonchev–Trinajstić information content (AvgIpc) is 2.90. The van der Waals surface area contributed by atoms with Crippen molar-refractivity contribution in [2.24, 2.45) is 0 Å². The topological polar surface area (TPSA) is 107 Å². The predicted molar refractivity (Wildman–Crippen MR) is 95.0 cm³/mol. The van der Waals surface area contributed by atoms with E-state index < -0.39 is 28.0 Å². The highest BCUT2D eigenvalue weighted by Gasteiger charge is 2.24. The molecule has 0 aliphatic heterocycles. The number of halogens is 1. The van der Waals surface area contributed by atoms with Crippen LogP contribution in [0.3, 0.4) is 0 Å². The van der Waals surface area contributed by atoms with Gasteiger partial charge in [0.15, 0.2) is 9.84 Å². The van der Waals surface area contributed by atoms with Gasteiger partial charge in [-0.3, -0.25) is 4.79 Å². The SMILES string of the molecule is CS(=O)(=O)c1ccccc1C(=O)c1[nH]c2cc(Cl)ccc2c1CC(=O)[O-]. The Bertz CT molecular complexity index is 1150. The van der Waals surface area contributed by atoms with Crippen molar-refractivity contribution in [1.82, 2.24) is 4.98 Å². The number of benzene rings is 2. The molecular formula is C18H13ClNO5S-. The zero-order valence-electron chi connectivity index (χ0n) is 13.6. The van der Waals surface area contributed by atoms with E-state index in [9.17, 15) is 23.1 Å². The van der Waals surface area contributed by atoms with E-state index >= 15 is 0 Å². The molecular weight excluding hydrogens is 378 g/mol. The molecule has 0 bridgehead atoms. The first-order valence-corrected chi connectivity index (χ1v) is 9.79. The maximum absolute atomic E-state index is 13.0. The number of H-pyrrole nitrogens is 1. The summed E-state index contributed by atoms with van der Waals surface area (Å²) in [5.74, 6) is -1.97. The third kappa shape index (κ3) is 3.36. The van der Waals surface area contributed by atoms with E-state index in [1.165, 1.54) is 18.2 Å². The van der Waals surface area contributed by atoms with E-state index in [0.717, 1.165) is 6.26 Å². The van der Waals surface area contributed by atoms with Gasteiger partial charge in [-0.15, -0.1) is 0 Å². The lowest BCUT2D eigenvalue weighted by molar-refractivity contribution is -0.304. The summed E-state index contributed by atoms with van der Waals surface area (Å²) >= 11 is 5.95. The van der Waals surface area contributed by atoms with Crippen LogP contribution in [0.5, 0.6) is 0 Å². The molecule has 6 nitrogen and oxygen atoms in total. The first-order valence-electron chi connectivity index (χ1n) is 7.52. The lowest BCUT2D eigenvalue weighted by Crippen LogP contribution is -2.25. The minimum atomic E-state index is -3.64. The lowest BCUT2D eigenvalue weighted by atomic mass is 10.0. The monoisotopic (exact) mass is 390 g/mol. The molecule has 0 unspecified atom stereocenters. The minimum Gasteiger partial charge on any atom is -0.550 e. The fourth-order valence-electron chi connectivity index (χ4n) is 2.86. The predicted octanol–water partition coefficient (Wildman–Crippen LogP) is 1.75. The number of sulfone groups is 1. The average molecular weight is 391 g/mol. The van der Waals surface area contributed by atoms with Gasteiger partial charge < -0.3 is 14.9 Å². The molecule has 26 heavy (non-hydrogen) atoms. The van der Waals surface area contributed by atoms with Crippen molar-refractivity contribution in [1.29, 1.82) is 0 Å². The van der Waals surface area contributed by atoms with Gasteiger partial charge in [0, 0.05) is 40.1 Å². The molecule has 1 heterocycles. The number of ketones is 1. The van der Waals surface area contributed by atoms with Crippen molar-refractivity contribution >= 4 is 44.1 Å². The minimum absolute atomic E-state index is 0.00238. The number of aliphatic carboxylic acids is 1. The Morgan fingerprint density at radius 1 is 1.15 bits per heavy atom. The van der Waals surface area contributed by atoms with Crippen LogP contribution in [0.15, 0.2) is 47.4 Å². The third-order valence-electron chi connectivity index (χ3n) is 3.95. The van der Waals surface area contributed by atoms with E-state index in [1.54, 1.807) is 24.3 Å². The van der Waals surface area contributed by atoms with Gasteiger partial charge in [0.25, 0.3) is 0 Å². The van der Waals surface area contributed by atoms with Crippen molar-refractivity contribution in [2.45, 2.75) is 11.3 Å². The van der Waals surface area contributed by atoms with Crippen LogP contribution in [0.1, 0.15) is 21.6 Å². The summed E-state index contributed by atoms with van der Waals surface area (Å²) in [5.41, 5.74) is 0.675. The van der Waals surface area contributed by atoms with Crippen LogP contribution in [-0.4, -0.2) is 31.4 Å². The molecule has 3 rings (SSSR count). The number of hydrogen-bond donors (Lipinski definition) is 1. The number of carbonyl (C=O) groups is 2. The molecule has 2 aromatic carbocycles. The van der Waals surface area contributed by atoms with Crippen LogP contribution in [-0.2, 0) is 21.1 Å². The molecule has 0 aliphatic rings. The van der Waals surface area contributed by atoms with Crippen LogP contribution in [0.4, 0.5) is 0 Å². The molecule has 0 atom stereocenters. The number of nitrogens with one attached hydrogen (secondary N) is 1. The smallest absolute Gasteiger partial charge is 0.210 e. The molecule has 0 amide bonds. The van der Waals surface area contributed by atoms with Gasteiger partial charge in [0.1, 0.15) is 0 Å². The maximum Gasteiger partial charge on any atom is 0.210 e. The van der Waals surface area contributed by atoms with Gasteiger partial charge in [-0.25, -0.2) is 8.42 Å². The number of aromatic amines is 1. The molecule has 0 saturated heterocycles. The van der Waals surface area contributed by atoms with Crippen molar-refractivity contribution in [3.8, 4) is 0 Å². The van der Waals surface area contributed by atoms with Gasteiger partial charge >= 0.3 is 0 Å². The molecule has 0 radical (unpaired) electrons. The van der Waals surface area contributed by atoms with Gasteiger partial charge in [-0.05, 0) is 29.8 Å². The molecule has 134 valence electrons. The summed E-state index contributed by atoms with van der Waals surface area (Å²) in [6.07, 6.45) is 0.510. The Balaban J connectivity index is 2.26. The third-order valence-corrected chi connectivity index (χ3v) is 5.34. The number of fused-ring (bicyclic) bond motifs is 1. The quantitative estimate of drug-likeness (QED) is 0.668. The number of hydrogen-bond acceptors (Lipinski definition) is 5. The Kier molecular flexibility index (Phi) is 4.60. The van der Waals surface area contributed by atoms with E-state index in [0.29, 0.717) is 15.9 Å². The Morgan fingerprint density at radius 3 is 2.50 bits per heavy atom. The first-order chi connectivity index (χ1) is 12.2. The lowest BCUT2D eigenvalue weighted by Gasteiger charge is -2.08.